The van der Waals surface area contributed by atoms with Crippen molar-refractivity contribution in [2.75, 3.05) is 7.11 Å². The summed E-state index contributed by atoms with van der Waals surface area (Å²) in [5, 5.41) is 8.63. The highest BCUT2D eigenvalue weighted by Gasteiger charge is 2.12. The highest BCUT2D eigenvalue weighted by molar-refractivity contribution is 5.81. The van der Waals surface area contributed by atoms with E-state index in [9.17, 15) is 9.18 Å². The molecule has 0 amide bonds. The molecule has 0 bridgehead atoms. The average molecular weight is 179 g/mol. The van der Waals surface area contributed by atoms with Crippen LogP contribution in [0.2, 0.25) is 0 Å². The number of ether oxygens (including phenoxy) is 1. The van der Waals surface area contributed by atoms with E-state index in [1.807, 2.05) is 0 Å². The minimum Gasteiger partial charge on any atom is -0.495 e. The van der Waals surface area contributed by atoms with Crippen LogP contribution in [-0.4, -0.2) is 13.4 Å². The molecule has 0 aromatic heterocycles. The molecular formula is C9H6FNO2. The number of halogens is 1. The topological polar surface area (TPSA) is 50.1 Å². The third-order valence-electron chi connectivity index (χ3n) is 1.60. The minimum absolute atomic E-state index is 0.0718. The van der Waals surface area contributed by atoms with Crippen molar-refractivity contribution >= 4 is 6.29 Å². The van der Waals surface area contributed by atoms with Crippen molar-refractivity contribution in [2.45, 2.75) is 0 Å². The SMILES string of the molecule is COc1ccc(F)c(C=O)c1C#N. The van der Waals surface area contributed by atoms with Gasteiger partial charge >= 0.3 is 0 Å². The molecule has 13 heavy (non-hydrogen) atoms. The molecule has 1 aromatic carbocycles. The molecule has 4 heteroatoms. The molecule has 0 saturated heterocycles. The fourth-order valence-corrected chi connectivity index (χ4v) is 0.975. The summed E-state index contributed by atoms with van der Waals surface area (Å²) in [6.45, 7) is 0. The van der Waals surface area contributed by atoms with Gasteiger partial charge in [0.05, 0.1) is 12.7 Å². The lowest BCUT2D eigenvalue weighted by atomic mass is 10.1. The fourth-order valence-electron chi connectivity index (χ4n) is 0.975. The van der Waals surface area contributed by atoms with Crippen molar-refractivity contribution < 1.29 is 13.9 Å². The van der Waals surface area contributed by atoms with Crippen LogP contribution in [0, 0.1) is 17.1 Å². The van der Waals surface area contributed by atoms with Crippen molar-refractivity contribution in [3.63, 3.8) is 0 Å². The van der Waals surface area contributed by atoms with Crippen molar-refractivity contribution in [1.82, 2.24) is 0 Å². The maximum Gasteiger partial charge on any atom is 0.154 e. The van der Waals surface area contributed by atoms with Gasteiger partial charge in [-0.05, 0) is 12.1 Å². The Hall–Kier alpha value is -1.89. The second-order valence-corrected chi connectivity index (χ2v) is 2.27. The first kappa shape index (κ1) is 9.20. The number of nitrogens with zero attached hydrogens (tertiary/aromatic N) is 1. The van der Waals surface area contributed by atoms with Crippen LogP contribution in [0.4, 0.5) is 4.39 Å². The summed E-state index contributed by atoms with van der Waals surface area (Å²) in [6, 6.07) is 4.10. The Balaban J connectivity index is 3.47. The van der Waals surface area contributed by atoms with Gasteiger partial charge in [-0.2, -0.15) is 5.26 Å². The molecule has 0 fully saturated rings. The van der Waals surface area contributed by atoms with Crippen LogP contribution in [0.5, 0.6) is 5.75 Å². The van der Waals surface area contributed by atoms with Crippen molar-refractivity contribution in [2.24, 2.45) is 0 Å². The van der Waals surface area contributed by atoms with E-state index in [4.69, 9.17) is 10.00 Å². The van der Waals surface area contributed by atoms with Gasteiger partial charge in [-0.3, -0.25) is 4.79 Å². The number of nitriles is 1. The zero-order valence-electron chi connectivity index (χ0n) is 6.87. The monoisotopic (exact) mass is 179 g/mol. The third kappa shape index (κ3) is 1.49. The smallest absolute Gasteiger partial charge is 0.154 e. The molecule has 1 rings (SSSR count). The highest BCUT2D eigenvalue weighted by Crippen LogP contribution is 2.22. The van der Waals surface area contributed by atoms with E-state index in [0.717, 1.165) is 6.07 Å². The summed E-state index contributed by atoms with van der Waals surface area (Å²) < 4.78 is 17.7. The Bertz CT molecular complexity index is 382. The fraction of sp³-hybridized carbons (Fsp3) is 0.111. The maximum atomic E-state index is 12.9. The summed E-state index contributed by atoms with van der Waals surface area (Å²) in [4.78, 5) is 10.4. The number of methoxy groups -OCH3 is 1. The standard InChI is InChI=1S/C9H6FNO2/c1-13-9-3-2-8(10)7(5-12)6(9)4-11/h2-3,5H,1H3. The van der Waals surface area contributed by atoms with Crippen molar-refractivity contribution in [3.8, 4) is 11.8 Å². The van der Waals surface area contributed by atoms with Crippen LogP contribution in [0.1, 0.15) is 15.9 Å². The average Bonchev–Trinajstić information content (AvgIpc) is 2.17. The molecule has 0 aliphatic rings. The van der Waals surface area contributed by atoms with Crippen LogP contribution < -0.4 is 4.74 Å². The van der Waals surface area contributed by atoms with E-state index >= 15 is 0 Å². The molecule has 0 radical (unpaired) electrons. The predicted molar refractivity (Wildman–Crippen MR) is 43.1 cm³/mol. The van der Waals surface area contributed by atoms with Gasteiger partial charge in [-0.1, -0.05) is 0 Å². The molecule has 3 nitrogen and oxygen atoms in total. The first-order valence-electron chi connectivity index (χ1n) is 3.46. The minimum atomic E-state index is -0.715. The molecular weight excluding hydrogens is 173 g/mol. The molecule has 1 aromatic rings. The van der Waals surface area contributed by atoms with E-state index < -0.39 is 5.82 Å². The molecule has 0 unspecified atom stereocenters. The molecule has 0 heterocycles. The van der Waals surface area contributed by atoms with Crippen LogP contribution in [0.15, 0.2) is 12.1 Å². The predicted octanol–water partition coefficient (Wildman–Crippen LogP) is 1.52. The van der Waals surface area contributed by atoms with E-state index in [2.05, 4.69) is 0 Å². The number of hydrogen-bond acceptors (Lipinski definition) is 3. The van der Waals surface area contributed by atoms with Gasteiger partial charge < -0.3 is 4.74 Å². The normalized spacial score (nSPS) is 9.00. The van der Waals surface area contributed by atoms with Gasteiger partial charge in [0.25, 0.3) is 0 Å². The largest absolute Gasteiger partial charge is 0.495 e. The summed E-state index contributed by atoms with van der Waals surface area (Å²) in [5.41, 5.74) is -0.334. The molecule has 0 atom stereocenters. The molecule has 0 N–H and O–H groups in total. The van der Waals surface area contributed by atoms with Crippen LogP contribution in [0.3, 0.4) is 0 Å². The first-order chi connectivity index (χ1) is 6.24. The number of carbonyl (C=O) groups excluding carboxylic acids is 1. The summed E-state index contributed by atoms with van der Waals surface area (Å²) in [6.07, 6.45) is 0.302. The second kappa shape index (κ2) is 3.68. The Labute approximate surface area is 74.4 Å². The van der Waals surface area contributed by atoms with Crippen molar-refractivity contribution in [1.29, 1.82) is 5.26 Å². The van der Waals surface area contributed by atoms with Gasteiger partial charge in [-0.15, -0.1) is 0 Å². The van der Waals surface area contributed by atoms with Crippen molar-refractivity contribution in [3.05, 3.63) is 29.1 Å². The molecule has 0 aliphatic carbocycles. The summed E-state index contributed by atoms with van der Waals surface area (Å²) in [7, 11) is 1.35. The molecule has 0 saturated carbocycles. The van der Waals surface area contributed by atoms with E-state index in [1.54, 1.807) is 6.07 Å². The first-order valence-corrected chi connectivity index (χ1v) is 3.46. The lowest BCUT2D eigenvalue weighted by Gasteiger charge is -2.04. The van der Waals surface area contributed by atoms with Gasteiger partial charge in [0.1, 0.15) is 23.2 Å². The van der Waals surface area contributed by atoms with Crippen LogP contribution in [0.25, 0.3) is 0 Å². The zero-order chi connectivity index (χ0) is 9.84. The Morgan fingerprint density at radius 1 is 1.62 bits per heavy atom. The lowest BCUT2D eigenvalue weighted by molar-refractivity contribution is 0.111. The lowest BCUT2D eigenvalue weighted by Crippen LogP contribution is -1.97. The summed E-state index contributed by atoms with van der Waals surface area (Å²) in [5.74, 6) is -0.515. The Morgan fingerprint density at radius 3 is 2.77 bits per heavy atom. The quantitative estimate of drug-likeness (QED) is 0.646. The number of aldehydes is 1. The third-order valence-corrected chi connectivity index (χ3v) is 1.60. The zero-order valence-corrected chi connectivity index (χ0v) is 6.87. The molecule has 0 aliphatic heterocycles. The van der Waals surface area contributed by atoms with E-state index in [-0.39, 0.29) is 16.9 Å². The molecule has 66 valence electrons. The second-order valence-electron chi connectivity index (χ2n) is 2.27. The number of benzene rings is 1. The number of hydrogen-bond donors (Lipinski definition) is 0. The van der Waals surface area contributed by atoms with E-state index in [0.29, 0.717) is 6.29 Å². The van der Waals surface area contributed by atoms with Gasteiger partial charge in [0.15, 0.2) is 6.29 Å². The van der Waals surface area contributed by atoms with Gasteiger partial charge in [0, 0.05) is 0 Å². The van der Waals surface area contributed by atoms with Crippen LogP contribution >= 0.6 is 0 Å². The van der Waals surface area contributed by atoms with E-state index in [1.165, 1.54) is 13.2 Å². The number of carbonyl (C=O) groups is 1. The number of rotatable bonds is 2. The highest BCUT2D eigenvalue weighted by atomic mass is 19.1. The van der Waals surface area contributed by atoms with Gasteiger partial charge in [-0.25, -0.2) is 4.39 Å². The maximum absolute atomic E-state index is 12.9. The molecule has 0 spiro atoms. The van der Waals surface area contributed by atoms with Gasteiger partial charge in [0.2, 0.25) is 0 Å². The Kier molecular flexibility index (Phi) is 2.60. The Morgan fingerprint density at radius 2 is 2.31 bits per heavy atom. The summed E-state index contributed by atoms with van der Waals surface area (Å²) >= 11 is 0. The van der Waals surface area contributed by atoms with Crippen LogP contribution in [-0.2, 0) is 0 Å².